The maximum atomic E-state index is 12.5. The third kappa shape index (κ3) is 3.25. The maximum absolute atomic E-state index is 12.5. The van der Waals surface area contributed by atoms with Crippen molar-refractivity contribution < 1.29 is 26.4 Å². The molecule has 0 bridgehead atoms. The number of carbonyl (C=O) groups excluding carboxylic acids is 1. The summed E-state index contributed by atoms with van der Waals surface area (Å²) in [5.41, 5.74) is 3.86. The molecule has 1 unspecified atom stereocenters. The fourth-order valence-electron chi connectivity index (χ4n) is 1.59. The standard InChI is InChI=1S/C11H12F3NO3S/c1-2-9(10(15)16)19(17,18)8-5-3-4-7(6-8)11(12,13)14/h3-6,9H,2H2,1H3,(H2,15,16). The zero-order valence-corrected chi connectivity index (χ0v) is 10.8. The minimum Gasteiger partial charge on any atom is -0.369 e. The summed E-state index contributed by atoms with van der Waals surface area (Å²) in [7, 11) is -4.21. The maximum Gasteiger partial charge on any atom is 0.416 e. The van der Waals surface area contributed by atoms with Crippen molar-refractivity contribution in [2.24, 2.45) is 5.73 Å². The average molecular weight is 295 g/mol. The van der Waals surface area contributed by atoms with Gasteiger partial charge in [0.05, 0.1) is 10.5 Å². The van der Waals surface area contributed by atoms with Crippen molar-refractivity contribution in [3.63, 3.8) is 0 Å². The van der Waals surface area contributed by atoms with E-state index in [1.165, 1.54) is 6.92 Å². The highest BCUT2D eigenvalue weighted by molar-refractivity contribution is 7.92. The molecule has 1 aromatic rings. The van der Waals surface area contributed by atoms with Gasteiger partial charge in [-0.1, -0.05) is 13.0 Å². The summed E-state index contributed by atoms with van der Waals surface area (Å²) < 4.78 is 61.6. The Morgan fingerprint density at radius 2 is 1.95 bits per heavy atom. The number of benzene rings is 1. The van der Waals surface area contributed by atoms with E-state index in [0.717, 1.165) is 18.2 Å². The number of halogens is 3. The molecule has 106 valence electrons. The van der Waals surface area contributed by atoms with Crippen molar-refractivity contribution in [3.8, 4) is 0 Å². The van der Waals surface area contributed by atoms with Gasteiger partial charge in [-0.15, -0.1) is 0 Å². The lowest BCUT2D eigenvalue weighted by Crippen LogP contribution is -2.35. The van der Waals surface area contributed by atoms with Crippen LogP contribution in [0, 0.1) is 0 Å². The first-order valence-corrected chi connectivity index (χ1v) is 6.85. The van der Waals surface area contributed by atoms with E-state index in [0.29, 0.717) is 6.07 Å². The van der Waals surface area contributed by atoms with Crippen LogP contribution in [-0.2, 0) is 20.8 Å². The van der Waals surface area contributed by atoms with Crippen LogP contribution >= 0.6 is 0 Å². The summed E-state index contributed by atoms with van der Waals surface area (Å²) in [5, 5.41) is -1.53. The van der Waals surface area contributed by atoms with Gasteiger partial charge in [0.15, 0.2) is 9.84 Å². The Kier molecular flexibility index (Phi) is 4.24. The van der Waals surface area contributed by atoms with Crippen molar-refractivity contribution in [1.29, 1.82) is 0 Å². The number of nitrogens with two attached hydrogens (primary N) is 1. The molecule has 0 spiro atoms. The molecule has 19 heavy (non-hydrogen) atoms. The van der Waals surface area contributed by atoms with E-state index in [2.05, 4.69) is 0 Å². The van der Waals surface area contributed by atoms with E-state index in [1.54, 1.807) is 0 Å². The Bertz CT molecular complexity index is 581. The molecular weight excluding hydrogens is 283 g/mol. The molecule has 2 N–H and O–H groups in total. The number of amides is 1. The molecule has 8 heteroatoms. The summed E-state index contributed by atoms with van der Waals surface area (Å²) in [6.07, 6.45) is -4.76. The predicted molar refractivity (Wildman–Crippen MR) is 61.9 cm³/mol. The van der Waals surface area contributed by atoms with Gasteiger partial charge in [0.25, 0.3) is 0 Å². The molecule has 0 aliphatic carbocycles. The summed E-state index contributed by atoms with van der Waals surface area (Å²) >= 11 is 0. The van der Waals surface area contributed by atoms with Crippen molar-refractivity contribution in [1.82, 2.24) is 0 Å². The topological polar surface area (TPSA) is 77.2 Å². The molecule has 0 saturated carbocycles. The van der Waals surface area contributed by atoms with Gasteiger partial charge >= 0.3 is 6.18 Å². The summed E-state index contributed by atoms with van der Waals surface area (Å²) in [4.78, 5) is 10.5. The Morgan fingerprint density at radius 3 is 2.37 bits per heavy atom. The van der Waals surface area contributed by atoms with Crippen LogP contribution < -0.4 is 5.73 Å². The SMILES string of the molecule is CCC(C(N)=O)S(=O)(=O)c1cccc(C(F)(F)F)c1. The van der Waals surface area contributed by atoms with Gasteiger partial charge in [-0.3, -0.25) is 4.79 Å². The molecular formula is C11H12F3NO3S. The predicted octanol–water partition coefficient (Wildman–Crippen LogP) is 1.74. The van der Waals surface area contributed by atoms with Crippen molar-refractivity contribution >= 4 is 15.7 Å². The molecule has 0 heterocycles. The van der Waals surface area contributed by atoms with Crippen LogP contribution in [0.15, 0.2) is 29.2 Å². The number of rotatable bonds is 4. The first-order chi connectivity index (χ1) is 8.60. The fraction of sp³-hybridized carbons (Fsp3) is 0.364. The number of hydrogen-bond donors (Lipinski definition) is 1. The second kappa shape index (κ2) is 5.20. The van der Waals surface area contributed by atoms with Crippen LogP contribution in [0.4, 0.5) is 13.2 Å². The summed E-state index contributed by atoms with van der Waals surface area (Å²) in [6, 6.07) is 3.24. The van der Waals surface area contributed by atoms with Crippen molar-refractivity contribution in [2.45, 2.75) is 29.7 Å². The smallest absolute Gasteiger partial charge is 0.369 e. The highest BCUT2D eigenvalue weighted by Crippen LogP contribution is 2.31. The minimum absolute atomic E-state index is 0.103. The molecule has 0 aliphatic heterocycles. The van der Waals surface area contributed by atoms with Crippen LogP contribution in [0.5, 0.6) is 0 Å². The monoisotopic (exact) mass is 295 g/mol. The van der Waals surface area contributed by atoms with Crippen molar-refractivity contribution in [3.05, 3.63) is 29.8 Å². The van der Waals surface area contributed by atoms with E-state index in [1.807, 2.05) is 0 Å². The Morgan fingerprint density at radius 1 is 1.37 bits per heavy atom. The number of hydrogen-bond acceptors (Lipinski definition) is 3. The third-order valence-electron chi connectivity index (χ3n) is 2.55. The molecule has 4 nitrogen and oxygen atoms in total. The molecule has 0 fully saturated rings. The molecule has 0 aromatic heterocycles. The molecule has 0 saturated heterocycles. The normalized spacial score (nSPS) is 14.1. The molecule has 0 aliphatic rings. The van der Waals surface area contributed by atoms with E-state index in [4.69, 9.17) is 5.73 Å². The van der Waals surface area contributed by atoms with E-state index >= 15 is 0 Å². The lowest BCUT2D eigenvalue weighted by molar-refractivity contribution is -0.137. The van der Waals surface area contributed by atoms with Gasteiger partial charge in [-0.25, -0.2) is 8.42 Å². The van der Waals surface area contributed by atoms with E-state index in [9.17, 15) is 26.4 Å². The fourth-order valence-corrected chi connectivity index (χ4v) is 3.22. The summed E-state index contributed by atoms with van der Waals surface area (Å²) in [5.74, 6) is -1.08. The zero-order valence-electron chi connectivity index (χ0n) is 9.94. The zero-order chi connectivity index (χ0) is 14.8. The number of carbonyl (C=O) groups is 1. The van der Waals surface area contributed by atoms with Crippen LogP contribution in [-0.4, -0.2) is 19.6 Å². The van der Waals surface area contributed by atoms with E-state index in [-0.39, 0.29) is 6.42 Å². The van der Waals surface area contributed by atoms with Crippen LogP contribution in [0.2, 0.25) is 0 Å². The van der Waals surface area contributed by atoms with Gasteiger partial charge in [-0.2, -0.15) is 13.2 Å². The lowest BCUT2D eigenvalue weighted by atomic mass is 10.2. The van der Waals surface area contributed by atoms with Gasteiger partial charge in [0.1, 0.15) is 5.25 Å². The molecule has 1 rings (SSSR count). The van der Waals surface area contributed by atoms with Gasteiger partial charge in [0, 0.05) is 0 Å². The van der Waals surface area contributed by atoms with Gasteiger partial charge < -0.3 is 5.73 Å². The second-order valence-electron chi connectivity index (χ2n) is 3.87. The number of sulfone groups is 1. The van der Waals surface area contributed by atoms with Gasteiger partial charge in [0.2, 0.25) is 5.91 Å². The first-order valence-electron chi connectivity index (χ1n) is 5.31. The minimum atomic E-state index is -4.65. The Hall–Kier alpha value is -1.57. The molecule has 1 amide bonds. The Labute approximate surface area is 108 Å². The van der Waals surface area contributed by atoms with E-state index < -0.39 is 37.6 Å². The lowest BCUT2D eigenvalue weighted by Gasteiger charge is -2.14. The molecule has 0 radical (unpaired) electrons. The Balaban J connectivity index is 3.34. The highest BCUT2D eigenvalue weighted by Gasteiger charge is 2.35. The average Bonchev–Trinajstić information content (AvgIpc) is 2.28. The van der Waals surface area contributed by atoms with Crippen LogP contribution in [0.3, 0.4) is 0 Å². The first kappa shape index (κ1) is 15.5. The second-order valence-corrected chi connectivity index (χ2v) is 6.00. The summed E-state index contributed by atoms with van der Waals surface area (Å²) in [6.45, 7) is 1.42. The van der Waals surface area contributed by atoms with Crippen LogP contribution in [0.1, 0.15) is 18.9 Å². The molecule has 1 atom stereocenters. The molecule has 1 aromatic carbocycles. The third-order valence-corrected chi connectivity index (χ3v) is 4.78. The highest BCUT2D eigenvalue weighted by atomic mass is 32.2. The van der Waals surface area contributed by atoms with Crippen molar-refractivity contribution in [2.75, 3.05) is 0 Å². The quantitative estimate of drug-likeness (QED) is 0.919. The van der Waals surface area contributed by atoms with Gasteiger partial charge in [-0.05, 0) is 24.6 Å². The van der Waals surface area contributed by atoms with Crippen LogP contribution in [0.25, 0.3) is 0 Å². The largest absolute Gasteiger partial charge is 0.416 e. The number of primary amides is 1. The number of alkyl halides is 3.